The van der Waals surface area contributed by atoms with Gasteiger partial charge in [0.05, 0.1) is 16.5 Å². The van der Waals surface area contributed by atoms with E-state index in [0.29, 0.717) is 10.6 Å². The first-order valence-corrected chi connectivity index (χ1v) is 8.27. The summed E-state index contributed by atoms with van der Waals surface area (Å²) >= 11 is 5.82. The number of hydrogen-bond donors (Lipinski definition) is 1. The Kier molecular flexibility index (Phi) is 5.16. The minimum Gasteiger partial charge on any atom is -0.269 e. The molecule has 0 atom stereocenters. The average molecular weight is 347 g/mol. The lowest BCUT2D eigenvalue weighted by Crippen LogP contribution is -2.29. The zero-order valence-corrected chi connectivity index (χ0v) is 13.3. The third-order valence-corrected chi connectivity index (χ3v) is 4.36. The molecule has 0 aliphatic heterocycles. The first-order chi connectivity index (χ1) is 10.9. The number of amides is 1. The SMILES string of the molecule is N#Cc1cccc(S(=O)(=O)NC(=O)/C=C/c2cccc(Cl)c2)c1. The van der Waals surface area contributed by atoms with E-state index in [-0.39, 0.29) is 10.5 Å². The fourth-order valence-electron chi connectivity index (χ4n) is 1.74. The van der Waals surface area contributed by atoms with Crippen LogP contribution in [0.3, 0.4) is 0 Å². The average Bonchev–Trinajstić information content (AvgIpc) is 2.53. The minimum atomic E-state index is -4.03. The second kappa shape index (κ2) is 7.09. The molecule has 2 aromatic rings. The van der Waals surface area contributed by atoms with Crippen molar-refractivity contribution in [3.63, 3.8) is 0 Å². The molecule has 0 heterocycles. The highest BCUT2D eigenvalue weighted by Gasteiger charge is 2.16. The van der Waals surface area contributed by atoms with Crippen LogP contribution >= 0.6 is 11.6 Å². The summed E-state index contributed by atoms with van der Waals surface area (Å²) < 4.78 is 26.1. The summed E-state index contributed by atoms with van der Waals surface area (Å²) in [6.07, 6.45) is 2.54. The van der Waals surface area contributed by atoms with E-state index in [1.807, 2.05) is 10.8 Å². The molecular formula is C16H11ClN2O3S. The summed E-state index contributed by atoms with van der Waals surface area (Å²) in [5.74, 6) is -0.799. The summed E-state index contributed by atoms with van der Waals surface area (Å²) in [7, 11) is -4.03. The van der Waals surface area contributed by atoms with Crippen molar-refractivity contribution in [2.45, 2.75) is 4.90 Å². The van der Waals surface area contributed by atoms with E-state index in [4.69, 9.17) is 16.9 Å². The fraction of sp³-hybridized carbons (Fsp3) is 0. The van der Waals surface area contributed by atoms with Crippen LogP contribution in [0.2, 0.25) is 5.02 Å². The van der Waals surface area contributed by atoms with Crippen molar-refractivity contribution in [3.8, 4) is 6.07 Å². The maximum atomic E-state index is 12.1. The summed E-state index contributed by atoms with van der Waals surface area (Å²) in [6.45, 7) is 0. The molecule has 0 saturated carbocycles. The van der Waals surface area contributed by atoms with Crippen LogP contribution in [-0.4, -0.2) is 14.3 Å². The largest absolute Gasteiger partial charge is 0.269 e. The Bertz CT molecular complexity index is 915. The Morgan fingerprint density at radius 2 is 1.91 bits per heavy atom. The van der Waals surface area contributed by atoms with Crippen LogP contribution in [0.5, 0.6) is 0 Å². The van der Waals surface area contributed by atoms with Gasteiger partial charge in [0, 0.05) is 11.1 Å². The third kappa shape index (κ3) is 4.68. The molecule has 0 fully saturated rings. The number of rotatable bonds is 4. The molecule has 0 aliphatic rings. The Morgan fingerprint density at radius 1 is 1.17 bits per heavy atom. The Labute approximate surface area is 138 Å². The Balaban J connectivity index is 2.14. The second-order valence-corrected chi connectivity index (χ2v) is 6.62. The van der Waals surface area contributed by atoms with E-state index in [0.717, 1.165) is 6.08 Å². The number of carbonyl (C=O) groups is 1. The Morgan fingerprint density at radius 3 is 2.61 bits per heavy atom. The van der Waals surface area contributed by atoms with Crippen LogP contribution in [0.1, 0.15) is 11.1 Å². The molecule has 1 N–H and O–H groups in total. The molecule has 0 saturated heterocycles. The van der Waals surface area contributed by atoms with Gasteiger partial charge in [0.25, 0.3) is 15.9 Å². The van der Waals surface area contributed by atoms with Gasteiger partial charge in [0.1, 0.15) is 0 Å². The lowest BCUT2D eigenvalue weighted by molar-refractivity contribution is -0.114. The van der Waals surface area contributed by atoms with E-state index in [1.54, 1.807) is 24.3 Å². The van der Waals surface area contributed by atoms with Gasteiger partial charge in [-0.2, -0.15) is 5.26 Å². The van der Waals surface area contributed by atoms with Crippen LogP contribution in [0.25, 0.3) is 6.08 Å². The molecule has 0 bridgehead atoms. The number of halogens is 1. The number of carbonyl (C=O) groups excluding carboxylic acids is 1. The predicted octanol–water partition coefficient (Wildman–Crippen LogP) is 2.73. The normalized spacial score (nSPS) is 11.1. The molecule has 23 heavy (non-hydrogen) atoms. The highest BCUT2D eigenvalue weighted by atomic mass is 35.5. The predicted molar refractivity (Wildman–Crippen MR) is 87.0 cm³/mol. The quantitative estimate of drug-likeness (QED) is 0.862. The molecule has 0 aromatic heterocycles. The van der Waals surface area contributed by atoms with Crippen molar-refractivity contribution in [1.29, 1.82) is 5.26 Å². The van der Waals surface area contributed by atoms with E-state index < -0.39 is 15.9 Å². The molecule has 0 spiro atoms. The molecule has 7 heteroatoms. The first-order valence-electron chi connectivity index (χ1n) is 6.41. The van der Waals surface area contributed by atoms with Gasteiger partial charge in [0.15, 0.2) is 0 Å². The van der Waals surface area contributed by atoms with Crippen molar-refractivity contribution < 1.29 is 13.2 Å². The van der Waals surface area contributed by atoms with Crippen molar-refractivity contribution >= 4 is 33.6 Å². The maximum Gasteiger partial charge on any atom is 0.264 e. The minimum absolute atomic E-state index is 0.152. The first kappa shape index (κ1) is 16.7. The molecule has 0 radical (unpaired) electrons. The molecule has 1 amide bonds. The number of nitrogens with one attached hydrogen (secondary N) is 1. The number of sulfonamides is 1. The van der Waals surface area contributed by atoms with Gasteiger partial charge in [-0.15, -0.1) is 0 Å². The molecule has 2 aromatic carbocycles. The van der Waals surface area contributed by atoms with E-state index >= 15 is 0 Å². The number of nitrogens with zero attached hydrogens (tertiary/aromatic N) is 1. The third-order valence-electron chi connectivity index (χ3n) is 2.78. The van der Waals surface area contributed by atoms with E-state index in [1.165, 1.54) is 30.3 Å². The molecule has 0 aliphatic carbocycles. The number of hydrogen-bond acceptors (Lipinski definition) is 4. The molecule has 2 rings (SSSR count). The summed E-state index contributed by atoms with van der Waals surface area (Å²) in [5.41, 5.74) is 0.853. The monoisotopic (exact) mass is 346 g/mol. The van der Waals surface area contributed by atoms with Gasteiger partial charge in [-0.1, -0.05) is 29.8 Å². The zero-order valence-electron chi connectivity index (χ0n) is 11.7. The Hall–Kier alpha value is -2.62. The van der Waals surface area contributed by atoms with Gasteiger partial charge in [-0.3, -0.25) is 4.79 Å². The number of nitriles is 1. The van der Waals surface area contributed by atoms with Crippen molar-refractivity contribution in [3.05, 3.63) is 70.8 Å². The summed E-state index contributed by atoms with van der Waals surface area (Å²) in [5, 5.41) is 9.30. The topological polar surface area (TPSA) is 87.0 Å². The van der Waals surface area contributed by atoms with Crippen molar-refractivity contribution in [2.75, 3.05) is 0 Å². The van der Waals surface area contributed by atoms with Crippen molar-refractivity contribution in [2.24, 2.45) is 0 Å². The van der Waals surface area contributed by atoms with Crippen LogP contribution in [0.15, 0.2) is 59.5 Å². The molecule has 116 valence electrons. The van der Waals surface area contributed by atoms with Gasteiger partial charge in [-0.05, 0) is 42.0 Å². The molecular weight excluding hydrogens is 336 g/mol. The molecule has 0 unspecified atom stereocenters. The fourth-order valence-corrected chi connectivity index (χ4v) is 2.93. The highest BCUT2D eigenvalue weighted by Crippen LogP contribution is 2.13. The lowest BCUT2D eigenvalue weighted by Gasteiger charge is -2.04. The van der Waals surface area contributed by atoms with Gasteiger partial charge < -0.3 is 0 Å². The van der Waals surface area contributed by atoms with E-state index in [2.05, 4.69) is 0 Å². The summed E-state index contributed by atoms with van der Waals surface area (Å²) in [4.78, 5) is 11.6. The van der Waals surface area contributed by atoms with Gasteiger partial charge in [0.2, 0.25) is 0 Å². The second-order valence-electron chi connectivity index (χ2n) is 4.50. The van der Waals surface area contributed by atoms with E-state index in [9.17, 15) is 13.2 Å². The lowest BCUT2D eigenvalue weighted by atomic mass is 10.2. The van der Waals surface area contributed by atoms with Gasteiger partial charge >= 0.3 is 0 Å². The van der Waals surface area contributed by atoms with Gasteiger partial charge in [-0.25, -0.2) is 13.1 Å². The van der Waals surface area contributed by atoms with Crippen molar-refractivity contribution in [1.82, 2.24) is 4.72 Å². The van der Waals surface area contributed by atoms with Crippen LogP contribution in [0.4, 0.5) is 0 Å². The zero-order chi connectivity index (χ0) is 16.9. The van der Waals surface area contributed by atoms with Crippen LogP contribution in [0, 0.1) is 11.3 Å². The van der Waals surface area contributed by atoms with Crippen LogP contribution in [-0.2, 0) is 14.8 Å². The smallest absolute Gasteiger partial charge is 0.264 e. The standard InChI is InChI=1S/C16H11ClN2O3S/c17-14-5-1-3-12(9-14)7-8-16(20)19-23(21,22)15-6-2-4-13(10-15)11-18/h1-10H,(H,19,20)/b8-7+. The molecule has 5 nitrogen and oxygen atoms in total. The van der Waals surface area contributed by atoms with Crippen LogP contribution < -0.4 is 4.72 Å². The highest BCUT2D eigenvalue weighted by molar-refractivity contribution is 7.90. The number of benzene rings is 2. The summed E-state index contributed by atoms with van der Waals surface area (Å²) in [6, 6.07) is 14.0. The maximum absolute atomic E-state index is 12.1.